The zero-order chi connectivity index (χ0) is 22.4. The van der Waals surface area contributed by atoms with E-state index in [0.29, 0.717) is 16.9 Å². The number of carbonyl (C=O) groups is 1. The number of aromatic nitrogens is 2. The van der Waals surface area contributed by atoms with Crippen molar-refractivity contribution in [1.82, 2.24) is 20.0 Å². The Hall–Kier alpha value is -2.27. The summed E-state index contributed by atoms with van der Waals surface area (Å²) in [6.45, 7) is 8.19. The topological polar surface area (TPSA) is 94.4 Å². The molecule has 2 N–H and O–H groups in total. The van der Waals surface area contributed by atoms with Gasteiger partial charge < -0.3 is 4.74 Å². The maximum Gasteiger partial charge on any atom is 0.422 e. The van der Waals surface area contributed by atoms with Crippen molar-refractivity contribution in [3.8, 4) is 0 Å². The zero-order valence-electron chi connectivity index (χ0n) is 17.5. The molecule has 30 heavy (non-hydrogen) atoms. The monoisotopic (exact) mass is 444 g/mol. The van der Waals surface area contributed by atoms with Crippen molar-refractivity contribution >= 4 is 27.6 Å². The van der Waals surface area contributed by atoms with E-state index < -0.39 is 35.9 Å². The van der Waals surface area contributed by atoms with Crippen LogP contribution in [0, 0.1) is 12.8 Å². The van der Waals surface area contributed by atoms with E-state index in [1.54, 1.807) is 27.7 Å². The number of halogens is 2. The van der Waals surface area contributed by atoms with Gasteiger partial charge in [0.1, 0.15) is 10.4 Å². The predicted octanol–water partition coefficient (Wildman–Crippen LogP) is 2.91. The quantitative estimate of drug-likeness (QED) is 0.668. The smallest absolute Gasteiger partial charge is 0.422 e. The van der Waals surface area contributed by atoms with Gasteiger partial charge in [0.25, 0.3) is 12.0 Å². The number of fused-ring (bicyclic) bond motifs is 1. The molecular formula is C19H26F2N4O4S. The summed E-state index contributed by atoms with van der Waals surface area (Å²) in [5.74, 6) is 0.158. The molecule has 0 aliphatic heterocycles. The van der Waals surface area contributed by atoms with Crippen LogP contribution in [0.1, 0.15) is 50.6 Å². The Morgan fingerprint density at radius 1 is 1.33 bits per heavy atom. The van der Waals surface area contributed by atoms with Gasteiger partial charge in [-0.1, -0.05) is 6.92 Å². The van der Waals surface area contributed by atoms with Gasteiger partial charge in [-0.2, -0.15) is 0 Å². The minimum Gasteiger partial charge on any atom is -0.443 e. The molecule has 166 valence electrons. The highest BCUT2D eigenvalue weighted by atomic mass is 32.1. The van der Waals surface area contributed by atoms with Crippen LogP contribution in [0.5, 0.6) is 0 Å². The molecule has 0 radical (unpaired) electrons. The molecule has 0 aromatic carbocycles. The molecule has 8 nitrogen and oxygen atoms in total. The van der Waals surface area contributed by atoms with Gasteiger partial charge in [-0.3, -0.25) is 19.4 Å². The lowest BCUT2D eigenvalue weighted by Gasteiger charge is -2.19. The summed E-state index contributed by atoms with van der Waals surface area (Å²) in [6.07, 6.45) is -2.72. The fourth-order valence-electron chi connectivity index (χ4n) is 3.33. The van der Waals surface area contributed by atoms with Crippen molar-refractivity contribution in [2.24, 2.45) is 5.92 Å². The summed E-state index contributed by atoms with van der Waals surface area (Å²) in [5.41, 5.74) is 3.91. The van der Waals surface area contributed by atoms with Gasteiger partial charge in [-0.15, -0.1) is 11.3 Å². The summed E-state index contributed by atoms with van der Waals surface area (Å²) in [7, 11) is 0. The van der Waals surface area contributed by atoms with Crippen molar-refractivity contribution in [2.45, 2.75) is 72.2 Å². The standard InChI is InChI=1S/C19H26F2N4O4S/c1-9-6-11(9)25-15(26)14-10(2)12(7-22-23-17(27)29-19(3,4)5)30-16(14)24(18(25)28)8-13(20)21/h9,11,13,22H,6-8H2,1-5H3,(H,23,27)/t9-,11-/m0/s1. The van der Waals surface area contributed by atoms with E-state index in [-0.39, 0.29) is 28.7 Å². The van der Waals surface area contributed by atoms with E-state index in [4.69, 9.17) is 4.74 Å². The lowest BCUT2D eigenvalue weighted by atomic mass is 10.2. The molecule has 0 saturated heterocycles. The molecule has 3 rings (SSSR count). The summed E-state index contributed by atoms with van der Waals surface area (Å²) < 4.78 is 33.6. The molecule has 1 saturated carbocycles. The highest BCUT2D eigenvalue weighted by molar-refractivity contribution is 7.18. The number of alkyl halides is 2. The fourth-order valence-corrected chi connectivity index (χ4v) is 4.57. The van der Waals surface area contributed by atoms with Gasteiger partial charge >= 0.3 is 11.8 Å². The van der Waals surface area contributed by atoms with E-state index in [0.717, 1.165) is 20.5 Å². The van der Waals surface area contributed by atoms with Crippen LogP contribution in [0.4, 0.5) is 13.6 Å². The number of carbonyl (C=O) groups excluding carboxylic acids is 1. The third-order valence-electron chi connectivity index (χ3n) is 4.90. The maximum absolute atomic E-state index is 13.2. The van der Waals surface area contributed by atoms with Crippen LogP contribution in [0.3, 0.4) is 0 Å². The van der Waals surface area contributed by atoms with Crippen LogP contribution in [0.2, 0.25) is 0 Å². The number of hydrazine groups is 1. The van der Waals surface area contributed by atoms with Crippen LogP contribution in [0.15, 0.2) is 9.59 Å². The van der Waals surface area contributed by atoms with Gasteiger partial charge in [0, 0.05) is 17.5 Å². The van der Waals surface area contributed by atoms with Crippen molar-refractivity contribution < 1.29 is 18.3 Å². The van der Waals surface area contributed by atoms with Crippen LogP contribution in [-0.4, -0.2) is 27.3 Å². The molecular weight excluding hydrogens is 418 g/mol. The average molecular weight is 445 g/mol. The summed E-state index contributed by atoms with van der Waals surface area (Å²) in [4.78, 5) is 38.5. The number of rotatable bonds is 6. The minimum atomic E-state index is -2.73. The summed E-state index contributed by atoms with van der Waals surface area (Å²) in [5, 5.41) is 0.272. The Balaban J connectivity index is 1.96. The third-order valence-corrected chi connectivity index (χ3v) is 6.21. The number of ether oxygens (including phenoxy) is 1. The van der Waals surface area contributed by atoms with E-state index >= 15 is 0 Å². The second kappa shape index (κ2) is 8.10. The molecule has 2 atom stereocenters. The van der Waals surface area contributed by atoms with Crippen molar-refractivity contribution in [3.63, 3.8) is 0 Å². The SMILES string of the molecule is Cc1c(CNNC(=O)OC(C)(C)C)sc2c1c(=O)n([C@H]1C[C@@H]1C)c(=O)n2CC(F)F. The molecule has 11 heteroatoms. The lowest BCUT2D eigenvalue weighted by Crippen LogP contribution is -2.40. The Bertz CT molecular complexity index is 1080. The number of nitrogens with zero attached hydrogens (tertiary/aromatic N) is 2. The van der Waals surface area contributed by atoms with Crippen molar-refractivity contribution in [2.75, 3.05) is 0 Å². The molecule has 0 bridgehead atoms. The van der Waals surface area contributed by atoms with Crippen LogP contribution in [0.25, 0.3) is 10.2 Å². The Labute approximate surface area is 175 Å². The molecule has 1 aliphatic rings. The first kappa shape index (κ1) is 22.4. The average Bonchev–Trinajstić information content (AvgIpc) is 3.21. The van der Waals surface area contributed by atoms with Crippen LogP contribution < -0.4 is 22.1 Å². The van der Waals surface area contributed by atoms with Gasteiger partial charge in [-0.05, 0) is 45.6 Å². The van der Waals surface area contributed by atoms with Crippen LogP contribution >= 0.6 is 11.3 Å². The largest absolute Gasteiger partial charge is 0.443 e. The number of hydrogen-bond acceptors (Lipinski definition) is 6. The number of thiophene rings is 1. The van der Waals surface area contributed by atoms with Crippen LogP contribution in [-0.2, 0) is 17.8 Å². The first-order valence-electron chi connectivity index (χ1n) is 9.68. The van der Waals surface area contributed by atoms with E-state index in [9.17, 15) is 23.2 Å². The van der Waals surface area contributed by atoms with Crippen molar-refractivity contribution in [1.29, 1.82) is 0 Å². The maximum atomic E-state index is 13.2. The first-order chi connectivity index (χ1) is 13.9. The normalized spacial score (nSPS) is 18.8. The fraction of sp³-hybridized carbons (Fsp3) is 0.632. The Morgan fingerprint density at radius 3 is 2.50 bits per heavy atom. The van der Waals surface area contributed by atoms with Gasteiger partial charge in [0.2, 0.25) is 0 Å². The second-order valence-corrected chi connectivity index (χ2v) is 9.63. The number of amides is 1. The second-order valence-electron chi connectivity index (χ2n) is 8.55. The summed E-state index contributed by atoms with van der Waals surface area (Å²) >= 11 is 1.09. The lowest BCUT2D eigenvalue weighted by molar-refractivity contribution is 0.0497. The molecule has 2 aromatic rings. The number of aryl methyl sites for hydroxylation is 1. The predicted molar refractivity (Wildman–Crippen MR) is 110 cm³/mol. The number of nitrogens with one attached hydrogen (secondary N) is 2. The molecule has 1 amide bonds. The van der Waals surface area contributed by atoms with Gasteiger partial charge in [-0.25, -0.2) is 23.8 Å². The molecule has 1 fully saturated rings. The Kier molecular flexibility index (Phi) is 6.06. The van der Waals surface area contributed by atoms with E-state index in [2.05, 4.69) is 10.9 Å². The molecule has 0 spiro atoms. The first-order valence-corrected chi connectivity index (χ1v) is 10.5. The van der Waals surface area contributed by atoms with Gasteiger partial charge in [0.05, 0.1) is 11.9 Å². The highest BCUT2D eigenvalue weighted by Gasteiger charge is 2.38. The van der Waals surface area contributed by atoms with Gasteiger partial charge in [0.15, 0.2) is 0 Å². The number of hydrogen-bond donors (Lipinski definition) is 2. The molecule has 1 aliphatic carbocycles. The van der Waals surface area contributed by atoms with E-state index in [1.165, 1.54) is 0 Å². The van der Waals surface area contributed by atoms with E-state index in [1.807, 2.05) is 6.92 Å². The summed E-state index contributed by atoms with van der Waals surface area (Å²) in [6, 6.07) is -0.256. The Morgan fingerprint density at radius 2 is 1.97 bits per heavy atom. The van der Waals surface area contributed by atoms with Crippen molar-refractivity contribution in [3.05, 3.63) is 31.3 Å². The molecule has 2 heterocycles. The minimum absolute atomic E-state index is 0.145. The third kappa shape index (κ3) is 4.56. The molecule has 2 aromatic heterocycles. The molecule has 0 unspecified atom stereocenters. The highest BCUT2D eigenvalue weighted by Crippen LogP contribution is 2.41. The zero-order valence-corrected chi connectivity index (χ0v) is 18.4.